The highest BCUT2D eigenvalue weighted by Gasteiger charge is 2.66. The molecule has 2 fully saturated rings. The predicted octanol–water partition coefficient (Wildman–Crippen LogP) is 2.17. The maximum Gasteiger partial charge on any atom is 0.0690 e. The minimum absolute atomic E-state index is 0.0723. The first-order valence-electron chi connectivity index (χ1n) is 7.73. The Balaban J connectivity index is 1.72. The van der Waals surface area contributed by atoms with E-state index in [0.717, 1.165) is 26.2 Å². The van der Waals surface area contributed by atoms with Crippen molar-refractivity contribution >= 4 is 0 Å². The van der Waals surface area contributed by atoms with Gasteiger partial charge in [0, 0.05) is 43.1 Å². The summed E-state index contributed by atoms with van der Waals surface area (Å²) < 4.78 is 5.98. The third kappa shape index (κ3) is 1.98. The van der Waals surface area contributed by atoms with Crippen LogP contribution < -0.4 is 5.73 Å². The second kappa shape index (κ2) is 4.57. The minimum atomic E-state index is -0.0723. The molecule has 3 unspecified atom stereocenters. The van der Waals surface area contributed by atoms with Crippen molar-refractivity contribution in [2.24, 2.45) is 17.1 Å². The van der Waals surface area contributed by atoms with E-state index in [1.165, 1.54) is 24.8 Å². The van der Waals surface area contributed by atoms with Crippen molar-refractivity contribution in [2.75, 3.05) is 26.2 Å². The molecule has 1 aliphatic carbocycles. The molecule has 2 heterocycles. The Hall–Kier alpha value is -0.380. The Morgan fingerprint density at radius 1 is 1.47 bits per heavy atom. The standard InChI is InChI=1S/C16H28N2O/c1-12-6-8-18(9-7-12)11-16(17)13-5-4-10-19-14(13)15(16,2)3/h6,13-14H,4-5,7-11,17H2,1-3H3. The fourth-order valence-corrected chi connectivity index (χ4v) is 4.31. The molecule has 0 bridgehead atoms. The molecule has 0 aromatic heterocycles. The Morgan fingerprint density at radius 3 is 2.95 bits per heavy atom. The van der Waals surface area contributed by atoms with Crippen molar-refractivity contribution in [3.05, 3.63) is 11.6 Å². The maximum absolute atomic E-state index is 6.86. The van der Waals surface area contributed by atoms with E-state index in [1.54, 1.807) is 0 Å². The molecule has 2 aliphatic heterocycles. The van der Waals surface area contributed by atoms with Gasteiger partial charge in [-0.05, 0) is 26.2 Å². The van der Waals surface area contributed by atoms with E-state index in [1.807, 2.05) is 0 Å². The van der Waals surface area contributed by atoms with Gasteiger partial charge in [-0.25, -0.2) is 0 Å². The Kier molecular flexibility index (Phi) is 3.27. The summed E-state index contributed by atoms with van der Waals surface area (Å²) in [6.45, 7) is 11.0. The smallest absolute Gasteiger partial charge is 0.0690 e. The Labute approximate surface area is 117 Å². The third-order valence-electron chi connectivity index (χ3n) is 5.90. The van der Waals surface area contributed by atoms with Crippen LogP contribution in [0.25, 0.3) is 0 Å². The van der Waals surface area contributed by atoms with E-state index < -0.39 is 0 Å². The van der Waals surface area contributed by atoms with Crippen LogP contribution in [0.3, 0.4) is 0 Å². The van der Waals surface area contributed by atoms with Crippen LogP contribution in [-0.2, 0) is 4.74 Å². The first kappa shape index (κ1) is 13.6. The van der Waals surface area contributed by atoms with Crippen molar-refractivity contribution in [1.29, 1.82) is 0 Å². The molecule has 3 rings (SSSR count). The van der Waals surface area contributed by atoms with Gasteiger partial charge in [0.1, 0.15) is 0 Å². The second-order valence-electron chi connectivity index (χ2n) is 7.34. The molecule has 0 radical (unpaired) electrons. The average molecular weight is 264 g/mol. The molecule has 3 aliphatic rings. The zero-order valence-electron chi connectivity index (χ0n) is 12.6. The first-order valence-corrected chi connectivity index (χ1v) is 7.73. The lowest BCUT2D eigenvalue weighted by molar-refractivity contribution is -0.231. The van der Waals surface area contributed by atoms with Gasteiger partial charge < -0.3 is 10.5 Å². The largest absolute Gasteiger partial charge is 0.377 e. The molecule has 1 saturated carbocycles. The lowest BCUT2D eigenvalue weighted by Gasteiger charge is -2.67. The maximum atomic E-state index is 6.86. The van der Waals surface area contributed by atoms with Crippen LogP contribution in [0, 0.1) is 11.3 Å². The summed E-state index contributed by atoms with van der Waals surface area (Å²) in [6.07, 6.45) is 6.35. The molecule has 0 spiro atoms. The Morgan fingerprint density at radius 2 is 2.26 bits per heavy atom. The summed E-state index contributed by atoms with van der Waals surface area (Å²) in [5, 5.41) is 0. The molecule has 2 N–H and O–H groups in total. The summed E-state index contributed by atoms with van der Waals surface area (Å²) >= 11 is 0. The third-order valence-corrected chi connectivity index (χ3v) is 5.90. The number of nitrogens with two attached hydrogens (primary N) is 1. The highest BCUT2D eigenvalue weighted by molar-refractivity contribution is 5.21. The van der Waals surface area contributed by atoms with Gasteiger partial charge in [-0.1, -0.05) is 25.5 Å². The molecule has 3 atom stereocenters. The molecular formula is C16H28N2O. The van der Waals surface area contributed by atoms with Gasteiger partial charge >= 0.3 is 0 Å². The molecule has 108 valence electrons. The summed E-state index contributed by atoms with van der Waals surface area (Å²) in [4.78, 5) is 2.53. The highest BCUT2D eigenvalue weighted by Crippen LogP contribution is 2.57. The molecule has 3 heteroatoms. The van der Waals surface area contributed by atoms with E-state index in [2.05, 4.69) is 31.7 Å². The van der Waals surface area contributed by atoms with Crippen LogP contribution >= 0.6 is 0 Å². The minimum Gasteiger partial charge on any atom is -0.377 e. The van der Waals surface area contributed by atoms with Crippen LogP contribution in [0.4, 0.5) is 0 Å². The fourth-order valence-electron chi connectivity index (χ4n) is 4.31. The zero-order valence-corrected chi connectivity index (χ0v) is 12.6. The molecule has 0 aromatic rings. The zero-order chi connectivity index (χ0) is 13.7. The SMILES string of the molecule is CC1=CCN(CC2(N)C3CCCOC3C2(C)C)CC1. The molecular weight excluding hydrogens is 236 g/mol. The predicted molar refractivity (Wildman–Crippen MR) is 78.0 cm³/mol. The number of rotatable bonds is 2. The van der Waals surface area contributed by atoms with E-state index in [4.69, 9.17) is 10.5 Å². The number of ether oxygens (including phenoxy) is 1. The van der Waals surface area contributed by atoms with Crippen molar-refractivity contribution in [1.82, 2.24) is 4.90 Å². The molecule has 19 heavy (non-hydrogen) atoms. The van der Waals surface area contributed by atoms with Gasteiger partial charge in [-0.3, -0.25) is 4.90 Å². The molecule has 0 amide bonds. The fraction of sp³-hybridized carbons (Fsp3) is 0.875. The number of hydrogen-bond donors (Lipinski definition) is 1. The normalized spacial score (nSPS) is 42.2. The average Bonchev–Trinajstić information content (AvgIpc) is 2.41. The first-order chi connectivity index (χ1) is 8.95. The van der Waals surface area contributed by atoms with Crippen LogP contribution in [-0.4, -0.2) is 42.8 Å². The number of nitrogens with zero attached hydrogens (tertiary/aromatic N) is 1. The Bertz CT molecular complexity index is 390. The lowest BCUT2D eigenvalue weighted by atomic mass is 9.46. The quantitative estimate of drug-likeness (QED) is 0.777. The summed E-state index contributed by atoms with van der Waals surface area (Å²) in [5.74, 6) is 0.559. The van der Waals surface area contributed by atoms with E-state index >= 15 is 0 Å². The van der Waals surface area contributed by atoms with Gasteiger partial charge in [-0.2, -0.15) is 0 Å². The lowest BCUT2D eigenvalue weighted by Crippen LogP contribution is -2.80. The van der Waals surface area contributed by atoms with Gasteiger partial charge in [-0.15, -0.1) is 0 Å². The van der Waals surface area contributed by atoms with Crippen LogP contribution in [0.15, 0.2) is 11.6 Å². The number of hydrogen-bond acceptors (Lipinski definition) is 3. The summed E-state index contributed by atoms with van der Waals surface area (Å²) in [5.41, 5.74) is 8.41. The van der Waals surface area contributed by atoms with Gasteiger partial charge in [0.25, 0.3) is 0 Å². The van der Waals surface area contributed by atoms with E-state index in [0.29, 0.717) is 12.0 Å². The summed E-state index contributed by atoms with van der Waals surface area (Å²) in [6, 6.07) is 0. The van der Waals surface area contributed by atoms with Crippen molar-refractivity contribution in [2.45, 2.75) is 51.7 Å². The van der Waals surface area contributed by atoms with E-state index in [9.17, 15) is 0 Å². The molecule has 1 saturated heterocycles. The van der Waals surface area contributed by atoms with Gasteiger partial charge in [0.15, 0.2) is 0 Å². The van der Waals surface area contributed by atoms with Crippen LogP contribution in [0.5, 0.6) is 0 Å². The molecule has 0 aromatic carbocycles. The highest BCUT2D eigenvalue weighted by atomic mass is 16.5. The second-order valence-corrected chi connectivity index (χ2v) is 7.34. The van der Waals surface area contributed by atoms with Gasteiger partial charge in [0.2, 0.25) is 0 Å². The van der Waals surface area contributed by atoms with Crippen LogP contribution in [0.1, 0.15) is 40.0 Å². The topological polar surface area (TPSA) is 38.5 Å². The van der Waals surface area contributed by atoms with Crippen molar-refractivity contribution in [3.63, 3.8) is 0 Å². The van der Waals surface area contributed by atoms with Crippen molar-refractivity contribution in [3.8, 4) is 0 Å². The van der Waals surface area contributed by atoms with E-state index in [-0.39, 0.29) is 11.0 Å². The van der Waals surface area contributed by atoms with Crippen LogP contribution in [0.2, 0.25) is 0 Å². The summed E-state index contributed by atoms with van der Waals surface area (Å²) in [7, 11) is 0. The van der Waals surface area contributed by atoms with Gasteiger partial charge in [0.05, 0.1) is 6.10 Å². The van der Waals surface area contributed by atoms with Crippen molar-refractivity contribution < 1.29 is 4.74 Å². The monoisotopic (exact) mass is 264 g/mol. The number of fused-ring (bicyclic) bond motifs is 1. The molecule has 3 nitrogen and oxygen atoms in total.